The monoisotopic (exact) mass is 715 g/mol. The summed E-state index contributed by atoms with van der Waals surface area (Å²) in [5.41, 5.74) is 0.526. The molecule has 2 aliphatic rings. The first-order chi connectivity index (χ1) is 19.2. The van der Waals surface area contributed by atoms with Crippen LogP contribution in [0.1, 0.15) is 30.0 Å². The van der Waals surface area contributed by atoms with Crippen molar-refractivity contribution in [1.29, 1.82) is 0 Å². The maximum absolute atomic E-state index is 13.4. The lowest BCUT2D eigenvalue weighted by atomic mass is 9.95. The lowest BCUT2D eigenvalue weighted by Crippen LogP contribution is -2.71. The summed E-state index contributed by atoms with van der Waals surface area (Å²) >= 11 is 44.6. The molecular weight excluding hydrogens is 703 g/mol. The predicted molar refractivity (Wildman–Crippen MR) is 161 cm³/mol. The molecular formula is C25H16Cl7N3O5S. The number of esters is 1. The molecule has 216 valence electrons. The molecule has 2 aromatic carbocycles. The first-order valence-corrected chi connectivity index (χ1v) is 15.1. The van der Waals surface area contributed by atoms with E-state index in [0.29, 0.717) is 5.56 Å². The number of thioether (sulfide) groups is 1. The van der Waals surface area contributed by atoms with Gasteiger partial charge in [-0.1, -0.05) is 92.4 Å². The van der Waals surface area contributed by atoms with Gasteiger partial charge in [0.1, 0.15) is 44.5 Å². The van der Waals surface area contributed by atoms with E-state index in [1.807, 2.05) is 0 Å². The molecule has 0 bridgehead atoms. The Hall–Kier alpha value is -1.56. The van der Waals surface area contributed by atoms with Crippen LogP contribution in [0.4, 0.5) is 0 Å². The lowest BCUT2D eigenvalue weighted by Gasteiger charge is -2.43. The average molecular weight is 719 g/mol. The summed E-state index contributed by atoms with van der Waals surface area (Å²) in [6, 6.07) is 2.84. The van der Waals surface area contributed by atoms with Gasteiger partial charge >= 0.3 is 5.97 Å². The first-order valence-electron chi connectivity index (χ1n) is 11.6. The van der Waals surface area contributed by atoms with Gasteiger partial charge in [-0.3, -0.25) is 9.59 Å². The Labute approximate surface area is 272 Å². The lowest BCUT2D eigenvalue weighted by molar-refractivity contribution is -0.158. The highest BCUT2D eigenvalue weighted by atomic mass is 35.5. The summed E-state index contributed by atoms with van der Waals surface area (Å²) < 4.78 is 9.96. The standard InChI is InChI=1S/C25H16Cl7N3O5S/c1-7-10(17(34-40-7)11-8(26)5-4-6-9(11)27)21(36)33-18-22(37)35-20(25(2,3)41-23(18)35)24(38)39-19-15(31)13(29)12(28)14(30)16(19)32/h4-6,18,20,23H,1-3H3,(H,33,36)/t18-,20+,23-/m1/s1. The number of carbonyl (C=O) groups is 3. The van der Waals surface area contributed by atoms with E-state index >= 15 is 0 Å². The van der Waals surface area contributed by atoms with Gasteiger partial charge < -0.3 is 19.5 Å². The highest BCUT2D eigenvalue weighted by Gasteiger charge is 2.64. The van der Waals surface area contributed by atoms with Crippen LogP contribution in [0.15, 0.2) is 22.7 Å². The van der Waals surface area contributed by atoms with Crippen molar-refractivity contribution in [3.63, 3.8) is 0 Å². The number of aromatic nitrogens is 1. The Kier molecular flexibility index (Phi) is 8.42. The Morgan fingerprint density at radius 2 is 1.56 bits per heavy atom. The van der Waals surface area contributed by atoms with Crippen molar-refractivity contribution in [2.24, 2.45) is 0 Å². The van der Waals surface area contributed by atoms with Gasteiger partial charge in [0.05, 0.1) is 25.1 Å². The number of fused-ring (bicyclic) bond motifs is 1. The molecule has 0 spiro atoms. The van der Waals surface area contributed by atoms with Gasteiger partial charge in [0.15, 0.2) is 5.75 Å². The third-order valence-corrected chi connectivity index (χ3v) is 11.1. The van der Waals surface area contributed by atoms with E-state index < -0.39 is 40.0 Å². The highest BCUT2D eigenvalue weighted by Crippen LogP contribution is 2.53. The molecule has 8 nitrogen and oxygen atoms in total. The molecule has 1 aromatic heterocycles. The highest BCUT2D eigenvalue weighted by molar-refractivity contribution is 8.01. The molecule has 0 unspecified atom stereocenters. The number of benzene rings is 2. The molecule has 2 fully saturated rings. The molecule has 0 radical (unpaired) electrons. The van der Waals surface area contributed by atoms with Crippen LogP contribution in [-0.2, 0) is 9.59 Å². The van der Waals surface area contributed by atoms with Crippen molar-refractivity contribution < 1.29 is 23.6 Å². The van der Waals surface area contributed by atoms with E-state index in [1.165, 1.54) is 16.7 Å². The molecule has 1 N–H and O–H groups in total. The summed E-state index contributed by atoms with van der Waals surface area (Å²) in [4.78, 5) is 41.5. The second kappa shape index (κ2) is 11.2. The number of hydrogen-bond donors (Lipinski definition) is 1. The normalized spacial score (nSPS) is 21.0. The molecule has 3 aromatic rings. The largest absolute Gasteiger partial charge is 0.422 e. The molecule has 0 aliphatic carbocycles. The Balaban J connectivity index is 1.38. The average Bonchev–Trinajstić information content (AvgIpc) is 3.41. The van der Waals surface area contributed by atoms with Crippen molar-refractivity contribution in [3.8, 4) is 17.0 Å². The summed E-state index contributed by atoms with van der Waals surface area (Å²) in [7, 11) is 0. The van der Waals surface area contributed by atoms with E-state index in [1.54, 1.807) is 39.0 Å². The molecule has 41 heavy (non-hydrogen) atoms. The second-order valence-corrected chi connectivity index (χ2v) is 14.1. The fraction of sp³-hybridized carbons (Fsp3) is 0.280. The molecule has 3 atom stereocenters. The maximum atomic E-state index is 13.4. The van der Waals surface area contributed by atoms with Crippen LogP contribution >= 0.6 is 93.0 Å². The van der Waals surface area contributed by atoms with E-state index in [0.717, 1.165) is 0 Å². The number of hydrogen-bond acceptors (Lipinski definition) is 7. The Morgan fingerprint density at radius 1 is 1.00 bits per heavy atom. The fourth-order valence-corrected chi connectivity index (χ4v) is 8.10. The second-order valence-electron chi connectivity index (χ2n) is 9.59. The number of carbonyl (C=O) groups excluding carboxylic acids is 3. The minimum absolute atomic E-state index is 0.0743. The Morgan fingerprint density at radius 3 is 2.15 bits per heavy atom. The topological polar surface area (TPSA) is 102 Å². The Bertz CT molecular complexity index is 1600. The number of aryl methyl sites for hydroxylation is 1. The third kappa shape index (κ3) is 5.06. The smallest absolute Gasteiger partial charge is 0.335 e. The molecule has 2 amide bonds. The van der Waals surface area contributed by atoms with Crippen LogP contribution in [-0.4, -0.2) is 50.0 Å². The molecule has 3 heterocycles. The fourth-order valence-electron chi connectivity index (χ4n) is 4.70. The first kappa shape index (κ1) is 30.9. The van der Waals surface area contributed by atoms with Crippen LogP contribution in [0.2, 0.25) is 35.2 Å². The van der Waals surface area contributed by atoms with Crippen LogP contribution in [0.25, 0.3) is 11.3 Å². The summed E-state index contributed by atoms with van der Waals surface area (Å²) in [6.07, 6.45) is 0. The zero-order chi connectivity index (χ0) is 30.1. The maximum Gasteiger partial charge on any atom is 0.335 e. The number of ether oxygens (including phenoxy) is 1. The van der Waals surface area contributed by atoms with Crippen molar-refractivity contribution in [3.05, 3.63) is 64.7 Å². The predicted octanol–water partition coefficient (Wildman–Crippen LogP) is 7.99. The summed E-state index contributed by atoms with van der Waals surface area (Å²) in [5.74, 6) is -2.03. The van der Waals surface area contributed by atoms with Gasteiger partial charge in [-0.2, -0.15) is 0 Å². The summed E-state index contributed by atoms with van der Waals surface area (Å²) in [6.45, 7) is 5.08. The molecule has 0 saturated carbocycles. The zero-order valence-electron chi connectivity index (χ0n) is 21.0. The minimum atomic E-state index is -1.06. The van der Waals surface area contributed by atoms with Gasteiger partial charge in [-0.05, 0) is 32.9 Å². The number of rotatable bonds is 5. The van der Waals surface area contributed by atoms with Gasteiger partial charge in [0, 0.05) is 10.3 Å². The molecule has 2 aliphatic heterocycles. The van der Waals surface area contributed by atoms with Crippen LogP contribution in [0.5, 0.6) is 5.75 Å². The van der Waals surface area contributed by atoms with E-state index in [4.69, 9.17) is 90.5 Å². The number of nitrogens with zero attached hydrogens (tertiary/aromatic N) is 2. The molecule has 5 rings (SSSR count). The number of nitrogens with one attached hydrogen (secondary N) is 1. The van der Waals surface area contributed by atoms with Crippen molar-refractivity contribution in [2.45, 2.75) is 43.0 Å². The van der Waals surface area contributed by atoms with Crippen LogP contribution in [0, 0.1) is 6.92 Å². The van der Waals surface area contributed by atoms with E-state index in [2.05, 4.69) is 10.5 Å². The quantitative estimate of drug-likeness (QED) is 0.0939. The number of β-lactam (4-membered cyclic amide) rings is 1. The van der Waals surface area contributed by atoms with Crippen LogP contribution < -0.4 is 10.1 Å². The van der Waals surface area contributed by atoms with Crippen molar-refractivity contribution in [1.82, 2.24) is 15.4 Å². The van der Waals surface area contributed by atoms with E-state index in [-0.39, 0.29) is 57.9 Å². The van der Waals surface area contributed by atoms with Crippen molar-refractivity contribution >= 4 is 111 Å². The third-order valence-electron chi connectivity index (χ3n) is 6.61. The zero-order valence-corrected chi connectivity index (χ0v) is 27.1. The number of amides is 2. The van der Waals surface area contributed by atoms with Gasteiger partial charge in [0.2, 0.25) is 5.91 Å². The van der Waals surface area contributed by atoms with Gasteiger partial charge in [0.25, 0.3) is 5.91 Å². The number of halogens is 7. The van der Waals surface area contributed by atoms with Crippen LogP contribution in [0.3, 0.4) is 0 Å². The van der Waals surface area contributed by atoms with Crippen molar-refractivity contribution in [2.75, 3.05) is 0 Å². The van der Waals surface area contributed by atoms with Gasteiger partial charge in [-0.15, -0.1) is 11.8 Å². The van der Waals surface area contributed by atoms with E-state index in [9.17, 15) is 14.4 Å². The van der Waals surface area contributed by atoms with Gasteiger partial charge in [-0.25, -0.2) is 4.79 Å². The minimum Gasteiger partial charge on any atom is -0.422 e. The molecule has 2 saturated heterocycles. The molecule has 16 heteroatoms. The summed E-state index contributed by atoms with van der Waals surface area (Å²) in [5, 5.41) is 5.85. The SMILES string of the molecule is Cc1onc(-c2c(Cl)cccc2Cl)c1C(=O)N[C@@H]1C(=O)N2[C@@H]1SC(C)(C)[C@@H]2C(=O)Oc1c(Cl)c(Cl)c(Cl)c(Cl)c1Cl.